The van der Waals surface area contributed by atoms with Gasteiger partial charge in [0.05, 0.1) is 19.6 Å². The Bertz CT molecular complexity index is 840. The molecule has 0 fully saturated rings. The van der Waals surface area contributed by atoms with E-state index in [9.17, 15) is 14.4 Å². The van der Waals surface area contributed by atoms with Gasteiger partial charge in [-0.05, 0) is 44.0 Å². The highest BCUT2D eigenvalue weighted by Gasteiger charge is 2.24. The van der Waals surface area contributed by atoms with Crippen molar-refractivity contribution < 1.29 is 19.1 Å². The van der Waals surface area contributed by atoms with Crippen molar-refractivity contribution in [2.24, 2.45) is 0 Å². The number of ketones is 1. The van der Waals surface area contributed by atoms with Gasteiger partial charge in [-0.15, -0.1) is 0 Å². The second-order valence-electron chi connectivity index (χ2n) is 6.04. The van der Waals surface area contributed by atoms with Gasteiger partial charge in [0, 0.05) is 16.3 Å². The number of nitrogens with one attached hydrogen (secondary N) is 2. The lowest BCUT2D eigenvalue weighted by molar-refractivity contribution is -0.141. The minimum Gasteiger partial charge on any atom is -0.469 e. The van der Waals surface area contributed by atoms with Gasteiger partial charge in [-0.3, -0.25) is 14.4 Å². The van der Waals surface area contributed by atoms with Crippen LogP contribution < -0.4 is 5.32 Å². The van der Waals surface area contributed by atoms with Gasteiger partial charge >= 0.3 is 5.97 Å². The fourth-order valence-corrected chi connectivity index (χ4v) is 3.06. The zero-order valence-electron chi connectivity index (χ0n) is 15.1. The van der Waals surface area contributed by atoms with Crippen molar-refractivity contribution in [3.05, 3.63) is 57.4 Å². The van der Waals surface area contributed by atoms with E-state index in [0.29, 0.717) is 27.5 Å². The van der Waals surface area contributed by atoms with Gasteiger partial charge in [-0.2, -0.15) is 0 Å². The number of H-pyrrole nitrogens is 1. The van der Waals surface area contributed by atoms with E-state index >= 15 is 0 Å². The van der Waals surface area contributed by atoms with Crippen LogP contribution >= 0.6 is 11.6 Å². The lowest BCUT2D eigenvalue weighted by Crippen LogP contribution is -2.31. The minimum atomic E-state index is -0.587. The molecule has 2 rings (SSSR count). The maximum Gasteiger partial charge on any atom is 0.307 e. The van der Waals surface area contributed by atoms with Crippen LogP contribution in [0.1, 0.15) is 57.1 Å². The summed E-state index contributed by atoms with van der Waals surface area (Å²) in [5.74, 6) is -0.963. The third-order valence-corrected chi connectivity index (χ3v) is 4.44. The highest BCUT2D eigenvalue weighted by atomic mass is 35.5. The SMILES string of the molecule is COC(=O)CC(NC(=O)c1[nH]c(C)c(C(C)=O)c1C)c1ccc(Cl)cc1. The molecule has 0 saturated heterocycles. The van der Waals surface area contributed by atoms with Gasteiger partial charge in [-0.1, -0.05) is 23.7 Å². The Morgan fingerprint density at radius 1 is 1.19 bits per heavy atom. The van der Waals surface area contributed by atoms with E-state index in [-0.39, 0.29) is 12.2 Å². The summed E-state index contributed by atoms with van der Waals surface area (Å²) in [5.41, 5.74) is 2.75. The standard InChI is InChI=1S/C19H21ClN2O4/c1-10-17(12(3)23)11(2)21-18(10)19(25)22-15(9-16(24)26-4)13-5-7-14(20)8-6-13/h5-8,15,21H,9H2,1-4H3,(H,22,25). The Morgan fingerprint density at radius 2 is 1.81 bits per heavy atom. The van der Waals surface area contributed by atoms with Gasteiger partial charge < -0.3 is 15.0 Å². The van der Waals surface area contributed by atoms with Crippen LogP contribution in [0.4, 0.5) is 0 Å². The number of aromatic amines is 1. The molecule has 26 heavy (non-hydrogen) atoms. The first-order valence-corrected chi connectivity index (χ1v) is 8.45. The zero-order chi connectivity index (χ0) is 19.4. The number of aryl methyl sites for hydroxylation is 1. The van der Waals surface area contributed by atoms with Crippen LogP contribution in [0.3, 0.4) is 0 Å². The molecule has 1 atom stereocenters. The molecule has 138 valence electrons. The van der Waals surface area contributed by atoms with Gasteiger partial charge in [0.15, 0.2) is 5.78 Å². The fraction of sp³-hybridized carbons (Fsp3) is 0.316. The second-order valence-corrected chi connectivity index (χ2v) is 6.48. The van der Waals surface area contributed by atoms with E-state index in [4.69, 9.17) is 16.3 Å². The monoisotopic (exact) mass is 376 g/mol. The molecule has 0 spiro atoms. The molecule has 0 aliphatic heterocycles. The number of hydrogen-bond donors (Lipinski definition) is 2. The van der Waals surface area contributed by atoms with Crippen LogP contribution in [0, 0.1) is 13.8 Å². The molecule has 0 aliphatic carbocycles. The largest absolute Gasteiger partial charge is 0.469 e. The van der Waals surface area contributed by atoms with Crippen LogP contribution in [-0.4, -0.2) is 29.8 Å². The molecule has 6 nitrogen and oxygen atoms in total. The van der Waals surface area contributed by atoms with Crippen molar-refractivity contribution in [1.82, 2.24) is 10.3 Å². The number of hydrogen-bond acceptors (Lipinski definition) is 4. The lowest BCUT2D eigenvalue weighted by atomic mass is 10.0. The van der Waals surface area contributed by atoms with Crippen molar-refractivity contribution in [2.75, 3.05) is 7.11 Å². The number of halogens is 1. The number of benzene rings is 1. The molecule has 1 amide bonds. The molecule has 0 bridgehead atoms. The van der Waals surface area contributed by atoms with E-state index in [0.717, 1.165) is 5.56 Å². The van der Waals surface area contributed by atoms with Gasteiger partial charge in [-0.25, -0.2) is 0 Å². The van der Waals surface area contributed by atoms with Crippen molar-refractivity contribution in [3.63, 3.8) is 0 Å². The minimum absolute atomic E-state index is 0.0256. The molecule has 1 aromatic carbocycles. The molecular weight excluding hydrogens is 356 g/mol. The van der Waals surface area contributed by atoms with Crippen molar-refractivity contribution in [3.8, 4) is 0 Å². The van der Waals surface area contributed by atoms with E-state index < -0.39 is 17.9 Å². The number of aromatic nitrogens is 1. The molecule has 0 saturated carbocycles. The second kappa shape index (κ2) is 8.19. The lowest BCUT2D eigenvalue weighted by Gasteiger charge is -2.18. The summed E-state index contributed by atoms with van der Waals surface area (Å²) in [7, 11) is 1.29. The highest BCUT2D eigenvalue weighted by Crippen LogP contribution is 2.23. The van der Waals surface area contributed by atoms with Gasteiger partial charge in [0.1, 0.15) is 5.69 Å². The molecule has 0 radical (unpaired) electrons. The van der Waals surface area contributed by atoms with Crippen LogP contribution in [0.5, 0.6) is 0 Å². The molecular formula is C19H21ClN2O4. The van der Waals surface area contributed by atoms with E-state index in [1.807, 2.05) is 0 Å². The summed E-state index contributed by atoms with van der Waals surface area (Å²) in [6.45, 7) is 4.91. The van der Waals surface area contributed by atoms with E-state index in [1.165, 1.54) is 14.0 Å². The fourth-order valence-electron chi connectivity index (χ4n) is 2.93. The Balaban J connectivity index is 2.31. The molecule has 1 unspecified atom stereocenters. The summed E-state index contributed by atoms with van der Waals surface area (Å²) < 4.78 is 4.72. The predicted molar refractivity (Wildman–Crippen MR) is 98.6 cm³/mol. The Kier molecular flexibility index (Phi) is 6.21. The molecule has 1 aromatic heterocycles. The van der Waals surface area contributed by atoms with E-state index in [1.54, 1.807) is 38.1 Å². The first-order chi connectivity index (χ1) is 12.2. The Hall–Kier alpha value is -2.60. The molecule has 7 heteroatoms. The van der Waals surface area contributed by atoms with Crippen LogP contribution in [-0.2, 0) is 9.53 Å². The summed E-state index contributed by atoms with van der Waals surface area (Å²) in [5, 5.41) is 3.38. The maximum atomic E-state index is 12.7. The quantitative estimate of drug-likeness (QED) is 0.596. The van der Waals surface area contributed by atoms with Crippen molar-refractivity contribution in [1.29, 1.82) is 0 Å². The predicted octanol–water partition coefficient (Wildman–Crippen LogP) is 3.52. The normalized spacial score (nSPS) is 11.7. The van der Waals surface area contributed by atoms with Gasteiger partial charge in [0.2, 0.25) is 0 Å². The topological polar surface area (TPSA) is 88.3 Å². The molecule has 1 heterocycles. The smallest absolute Gasteiger partial charge is 0.307 e. The Morgan fingerprint density at radius 3 is 2.31 bits per heavy atom. The summed E-state index contributed by atoms with van der Waals surface area (Å²) in [6.07, 6.45) is -0.0256. The number of methoxy groups -OCH3 is 1. The van der Waals surface area contributed by atoms with Crippen molar-refractivity contribution >= 4 is 29.3 Å². The van der Waals surface area contributed by atoms with Crippen LogP contribution in [0.15, 0.2) is 24.3 Å². The first kappa shape index (κ1) is 19.7. The van der Waals surface area contributed by atoms with Crippen LogP contribution in [0.2, 0.25) is 5.02 Å². The average molecular weight is 377 g/mol. The number of amides is 1. The number of carbonyl (C=O) groups excluding carboxylic acids is 3. The summed E-state index contributed by atoms with van der Waals surface area (Å²) in [6, 6.07) is 6.26. The van der Waals surface area contributed by atoms with Crippen LogP contribution in [0.25, 0.3) is 0 Å². The van der Waals surface area contributed by atoms with E-state index in [2.05, 4.69) is 10.3 Å². The molecule has 2 aromatic rings. The third-order valence-electron chi connectivity index (χ3n) is 4.19. The third kappa shape index (κ3) is 4.32. The average Bonchev–Trinajstić information content (AvgIpc) is 2.89. The first-order valence-electron chi connectivity index (χ1n) is 8.07. The number of Topliss-reactive ketones (excluding diaryl/α,β-unsaturated/α-hetero) is 1. The molecule has 2 N–H and O–H groups in total. The molecule has 0 aliphatic rings. The number of ether oxygens (including phenoxy) is 1. The van der Waals surface area contributed by atoms with Gasteiger partial charge in [0.25, 0.3) is 5.91 Å². The number of carbonyl (C=O) groups is 3. The zero-order valence-corrected chi connectivity index (χ0v) is 15.9. The number of rotatable bonds is 6. The summed E-state index contributed by atoms with van der Waals surface area (Å²) in [4.78, 5) is 39.2. The van der Waals surface area contributed by atoms with Crippen molar-refractivity contribution in [2.45, 2.75) is 33.2 Å². The summed E-state index contributed by atoms with van der Waals surface area (Å²) >= 11 is 5.91. The number of esters is 1. The maximum absolute atomic E-state index is 12.7. The highest BCUT2D eigenvalue weighted by molar-refractivity contribution is 6.30. The Labute approximate surface area is 156 Å².